The van der Waals surface area contributed by atoms with Crippen LogP contribution in [0, 0.1) is 13.8 Å². The highest BCUT2D eigenvalue weighted by Crippen LogP contribution is 2.23. The van der Waals surface area contributed by atoms with E-state index in [0.29, 0.717) is 35.2 Å². The molecule has 0 unspecified atom stereocenters. The second-order valence-electron chi connectivity index (χ2n) is 7.40. The zero-order valence-electron chi connectivity index (χ0n) is 19.6. The zero-order valence-corrected chi connectivity index (χ0v) is 22.0. The van der Waals surface area contributed by atoms with Gasteiger partial charge in [-0.05, 0) is 62.7 Å². The molecule has 35 heavy (non-hydrogen) atoms. The first kappa shape index (κ1) is 26.4. The first-order valence-electron chi connectivity index (χ1n) is 10.8. The number of hydrazone groups is 1. The number of hydrogen-bond acceptors (Lipinski definition) is 8. The number of esters is 1. The number of ether oxygens (including phenoxy) is 2. The number of thioether (sulfide) groups is 1. The van der Waals surface area contributed by atoms with Crippen LogP contribution >= 0.6 is 27.7 Å². The van der Waals surface area contributed by atoms with E-state index in [1.165, 1.54) is 18.0 Å². The van der Waals surface area contributed by atoms with Crippen molar-refractivity contribution in [2.75, 3.05) is 12.4 Å². The third-order valence-corrected chi connectivity index (χ3v) is 5.86. The Hall–Kier alpha value is -3.24. The van der Waals surface area contributed by atoms with Crippen molar-refractivity contribution in [1.82, 2.24) is 15.4 Å². The fourth-order valence-corrected chi connectivity index (χ4v) is 4.08. The van der Waals surface area contributed by atoms with E-state index in [1.54, 1.807) is 19.1 Å². The van der Waals surface area contributed by atoms with Crippen LogP contribution in [0.25, 0.3) is 0 Å². The number of benzene rings is 2. The van der Waals surface area contributed by atoms with Crippen LogP contribution in [0.5, 0.6) is 5.75 Å². The molecule has 8 nitrogen and oxygen atoms in total. The largest absolute Gasteiger partial charge is 0.488 e. The highest BCUT2D eigenvalue weighted by atomic mass is 79.9. The summed E-state index contributed by atoms with van der Waals surface area (Å²) in [5, 5.41) is 4.62. The highest BCUT2D eigenvalue weighted by Gasteiger charge is 2.08. The summed E-state index contributed by atoms with van der Waals surface area (Å²) >= 11 is 4.69. The molecule has 1 N–H and O–H groups in total. The van der Waals surface area contributed by atoms with E-state index in [0.717, 1.165) is 21.4 Å². The molecular formula is C25H25BrN4O4S. The van der Waals surface area contributed by atoms with Gasteiger partial charge in [-0.3, -0.25) is 4.79 Å². The molecule has 182 valence electrons. The molecule has 0 saturated carbocycles. The molecule has 0 fully saturated rings. The number of aromatic nitrogens is 2. The van der Waals surface area contributed by atoms with Crippen LogP contribution in [0.2, 0.25) is 0 Å². The number of rotatable bonds is 10. The molecule has 0 aliphatic carbocycles. The van der Waals surface area contributed by atoms with Crippen molar-refractivity contribution in [3.63, 3.8) is 0 Å². The monoisotopic (exact) mass is 556 g/mol. The SMILES string of the molecule is CCOC(=O)c1ccc(COc2ccc(Br)cc2C=NNC(=O)CSc2nc(C)cc(C)n2)cc1. The fourth-order valence-electron chi connectivity index (χ4n) is 2.96. The predicted molar refractivity (Wildman–Crippen MR) is 139 cm³/mol. The third-order valence-electron chi connectivity index (χ3n) is 4.52. The van der Waals surface area contributed by atoms with Crippen molar-refractivity contribution >= 4 is 45.8 Å². The summed E-state index contributed by atoms with van der Waals surface area (Å²) in [7, 11) is 0. The molecule has 0 bridgehead atoms. The Kier molecular flexibility index (Phi) is 9.80. The standard InChI is InChI=1S/C25H25BrN4O4S/c1-4-33-24(32)19-7-5-18(6-8-19)14-34-22-10-9-21(26)12-20(22)13-27-30-23(31)15-35-25-28-16(2)11-17(3)29-25/h5-13H,4,14-15H2,1-3H3,(H,30,31). The van der Waals surface area contributed by atoms with Crippen LogP contribution in [-0.2, 0) is 16.1 Å². The minimum absolute atomic E-state index is 0.143. The van der Waals surface area contributed by atoms with Crippen molar-refractivity contribution in [3.8, 4) is 5.75 Å². The maximum absolute atomic E-state index is 12.2. The minimum atomic E-state index is -0.353. The van der Waals surface area contributed by atoms with Gasteiger partial charge in [0.15, 0.2) is 5.16 Å². The van der Waals surface area contributed by atoms with Crippen molar-refractivity contribution in [2.24, 2.45) is 5.10 Å². The Labute approximate surface area is 216 Å². The fraction of sp³-hybridized carbons (Fsp3) is 0.240. The van der Waals surface area contributed by atoms with Crippen LogP contribution in [0.3, 0.4) is 0 Å². The Bertz CT molecular complexity index is 1200. The van der Waals surface area contributed by atoms with Crippen molar-refractivity contribution < 1.29 is 19.1 Å². The van der Waals surface area contributed by atoms with E-state index >= 15 is 0 Å². The van der Waals surface area contributed by atoms with Crippen molar-refractivity contribution in [2.45, 2.75) is 32.5 Å². The Morgan fingerprint density at radius 3 is 2.49 bits per heavy atom. The second-order valence-corrected chi connectivity index (χ2v) is 9.26. The second kappa shape index (κ2) is 13.0. The summed E-state index contributed by atoms with van der Waals surface area (Å²) in [5.41, 5.74) is 6.30. The lowest BCUT2D eigenvalue weighted by atomic mass is 10.1. The molecule has 0 radical (unpaired) electrons. The molecule has 10 heteroatoms. The first-order chi connectivity index (χ1) is 16.8. The highest BCUT2D eigenvalue weighted by molar-refractivity contribution is 9.10. The number of aryl methyl sites for hydroxylation is 2. The van der Waals surface area contributed by atoms with E-state index < -0.39 is 0 Å². The van der Waals surface area contributed by atoms with Gasteiger partial charge in [-0.1, -0.05) is 39.8 Å². The molecule has 1 amide bonds. The molecule has 2 aromatic carbocycles. The maximum atomic E-state index is 12.2. The predicted octanol–water partition coefficient (Wildman–Crippen LogP) is 4.85. The van der Waals surface area contributed by atoms with E-state index in [2.05, 4.69) is 36.4 Å². The summed E-state index contributed by atoms with van der Waals surface area (Å²) in [6.07, 6.45) is 1.53. The lowest BCUT2D eigenvalue weighted by Crippen LogP contribution is -2.20. The van der Waals surface area contributed by atoms with Gasteiger partial charge in [0.05, 0.1) is 24.1 Å². The van der Waals surface area contributed by atoms with Crippen LogP contribution < -0.4 is 10.2 Å². The molecule has 3 aromatic rings. The van der Waals surface area contributed by atoms with Crippen LogP contribution in [0.15, 0.2) is 63.3 Å². The molecule has 0 spiro atoms. The molecule has 0 atom stereocenters. The van der Waals surface area contributed by atoms with E-state index in [4.69, 9.17) is 9.47 Å². The topological polar surface area (TPSA) is 103 Å². The average Bonchev–Trinajstić information content (AvgIpc) is 2.82. The Morgan fingerprint density at radius 1 is 1.09 bits per heavy atom. The quantitative estimate of drug-likeness (QED) is 0.125. The zero-order chi connectivity index (χ0) is 25.2. The average molecular weight is 557 g/mol. The lowest BCUT2D eigenvalue weighted by Gasteiger charge is -2.10. The van der Waals surface area contributed by atoms with Gasteiger partial charge in [-0.25, -0.2) is 20.2 Å². The third kappa shape index (κ3) is 8.48. The lowest BCUT2D eigenvalue weighted by molar-refractivity contribution is -0.118. The Balaban J connectivity index is 1.56. The summed E-state index contributed by atoms with van der Waals surface area (Å²) in [5.74, 6) is 0.115. The van der Waals surface area contributed by atoms with Gasteiger partial charge in [-0.2, -0.15) is 5.10 Å². The number of nitrogens with zero attached hydrogens (tertiary/aromatic N) is 3. The van der Waals surface area contributed by atoms with Gasteiger partial charge in [0.2, 0.25) is 0 Å². The number of carbonyl (C=O) groups is 2. The van der Waals surface area contributed by atoms with Crippen LogP contribution in [0.1, 0.15) is 39.8 Å². The number of nitrogens with one attached hydrogen (secondary N) is 1. The van der Waals surface area contributed by atoms with Crippen molar-refractivity contribution in [3.05, 3.63) is 81.1 Å². The van der Waals surface area contributed by atoms with Crippen molar-refractivity contribution in [1.29, 1.82) is 0 Å². The normalized spacial score (nSPS) is 10.9. The minimum Gasteiger partial charge on any atom is -0.488 e. The summed E-state index contributed by atoms with van der Waals surface area (Å²) in [6, 6.07) is 14.4. The Morgan fingerprint density at radius 2 is 1.80 bits per heavy atom. The van der Waals surface area contributed by atoms with Gasteiger partial charge in [0.1, 0.15) is 12.4 Å². The number of carbonyl (C=O) groups excluding carboxylic acids is 2. The summed E-state index contributed by atoms with van der Waals surface area (Å²) < 4.78 is 11.8. The van der Waals surface area contributed by atoms with Gasteiger partial charge >= 0.3 is 5.97 Å². The summed E-state index contributed by atoms with van der Waals surface area (Å²) in [6.45, 7) is 6.17. The smallest absolute Gasteiger partial charge is 0.338 e. The maximum Gasteiger partial charge on any atom is 0.338 e. The van der Waals surface area contributed by atoms with Crippen LogP contribution in [-0.4, -0.2) is 40.4 Å². The molecule has 1 aromatic heterocycles. The first-order valence-corrected chi connectivity index (χ1v) is 12.6. The molecular weight excluding hydrogens is 532 g/mol. The van der Waals surface area contributed by atoms with Gasteiger partial charge in [0, 0.05) is 21.4 Å². The van der Waals surface area contributed by atoms with E-state index in [9.17, 15) is 9.59 Å². The molecule has 0 saturated heterocycles. The van der Waals surface area contributed by atoms with Gasteiger partial charge in [0.25, 0.3) is 5.91 Å². The van der Waals surface area contributed by atoms with Gasteiger partial charge < -0.3 is 9.47 Å². The number of amides is 1. The summed E-state index contributed by atoms with van der Waals surface area (Å²) in [4.78, 5) is 32.6. The number of halogens is 1. The van der Waals surface area contributed by atoms with Crippen LogP contribution in [0.4, 0.5) is 0 Å². The molecule has 3 rings (SSSR count). The molecule has 0 aliphatic rings. The number of hydrogen-bond donors (Lipinski definition) is 1. The van der Waals surface area contributed by atoms with E-state index in [-0.39, 0.29) is 17.6 Å². The van der Waals surface area contributed by atoms with E-state index in [1.807, 2.05) is 50.2 Å². The molecule has 0 aliphatic heterocycles. The molecule has 1 heterocycles. The van der Waals surface area contributed by atoms with Gasteiger partial charge in [-0.15, -0.1) is 0 Å².